The van der Waals surface area contributed by atoms with Crippen LogP contribution in [-0.2, 0) is 12.0 Å². The summed E-state index contributed by atoms with van der Waals surface area (Å²) in [7, 11) is 0. The molecule has 1 aromatic carbocycles. The maximum absolute atomic E-state index is 13.5. The second-order valence-electron chi connectivity index (χ2n) is 9.24. The third kappa shape index (κ3) is 1.79. The van der Waals surface area contributed by atoms with Crippen LogP contribution < -0.4 is 5.56 Å². The van der Waals surface area contributed by atoms with Crippen LogP contribution in [0.1, 0.15) is 70.1 Å². The van der Waals surface area contributed by atoms with Gasteiger partial charge in [0.05, 0.1) is 11.4 Å². The van der Waals surface area contributed by atoms with Gasteiger partial charge in [-0.15, -0.1) is 0 Å². The molecule has 5 rings (SSSR count). The fourth-order valence-corrected chi connectivity index (χ4v) is 5.81. The molecule has 0 radical (unpaired) electrons. The Labute approximate surface area is 149 Å². The summed E-state index contributed by atoms with van der Waals surface area (Å²) in [5.74, 6) is 1.15. The highest BCUT2D eigenvalue weighted by atomic mass is 16.1. The summed E-state index contributed by atoms with van der Waals surface area (Å²) in [6, 6.07) is 10.2. The smallest absolute Gasteiger partial charge is 0.275 e. The monoisotopic (exact) mass is 336 g/mol. The van der Waals surface area contributed by atoms with Crippen LogP contribution in [0.25, 0.3) is 5.69 Å². The van der Waals surface area contributed by atoms with Crippen molar-refractivity contribution in [3.8, 4) is 5.69 Å². The molecule has 25 heavy (non-hydrogen) atoms. The highest BCUT2D eigenvalue weighted by Gasteiger charge is 2.62. The molecule has 3 aliphatic rings. The van der Waals surface area contributed by atoms with Crippen LogP contribution in [0.2, 0.25) is 0 Å². The minimum Gasteiger partial charge on any atom is -0.281 e. The third-order valence-electron chi connectivity index (χ3n) is 7.93. The average Bonchev–Trinajstić information content (AvgIpc) is 3.04. The van der Waals surface area contributed by atoms with E-state index in [-0.39, 0.29) is 16.4 Å². The van der Waals surface area contributed by atoms with Crippen molar-refractivity contribution in [1.82, 2.24) is 9.36 Å². The van der Waals surface area contributed by atoms with E-state index in [2.05, 4.69) is 37.6 Å². The zero-order valence-electron chi connectivity index (χ0n) is 15.6. The van der Waals surface area contributed by atoms with Gasteiger partial charge >= 0.3 is 0 Å². The molecule has 3 heteroatoms. The van der Waals surface area contributed by atoms with E-state index in [1.807, 2.05) is 22.9 Å². The zero-order chi connectivity index (χ0) is 17.4. The number of aromatic nitrogens is 2. The maximum atomic E-state index is 13.5. The first-order chi connectivity index (χ1) is 11.9. The molecule has 0 saturated heterocycles. The lowest BCUT2D eigenvalue weighted by molar-refractivity contribution is 0.200. The van der Waals surface area contributed by atoms with Crippen molar-refractivity contribution in [2.75, 3.05) is 0 Å². The molecule has 3 aliphatic carbocycles. The molecule has 0 aliphatic heterocycles. The Balaban J connectivity index is 1.77. The molecule has 1 aromatic heterocycles. The van der Waals surface area contributed by atoms with Crippen molar-refractivity contribution < 1.29 is 0 Å². The maximum Gasteiger partial charge on any atom is 0.275 e. The van der Waals surface area contributed by atoms with E-state index in [9.17, 15) is 4.79 Å². The van der Waals surface area contributed by atoms with Gasteiger partial charge in [-0.05, 0) is 55.1 Å². The van der Waals surface area contributed by atoms with Crippen molar-refractivity contribution in [3.63, 3.8) is 0 Å². The molecular formula is C22H28N2O. The minimum atomic E-state index is 0.121. The molecule has 2 aromatic rings. The number of hydrogen-bond donors (Lipinski definition) is 0. The lowest BCUT2D eigenvalue weighted by atomic mass is 9.70. The van der Waals surface area contributed by atoms with Gasteiger partial charge in [0.1, 0.15) is 0 Å². The van der Waals surface area contributed by atoms with Crippen molar-refractivity contribution in [2.24, 2.45) is 11.3 Å². The Morgan fingerprint density at radius 1 is 1.08 bits per heavy atom. The molecule has 2 unspecified atom stereocenters. The van der Waals surface area contributed by atoms with Crippen LogP contribution in [-0.4, -0.2) is 9.36 Å². The molecule has 0 spiro atoms. The van der Waals surface area contributed by atoms with Crippen molar-refractivity contribution in [1.29, 1.82) is 0 Å². The molecule has 2 saturated carbocycles. The van der Waals surface area contributed by atoms with Crippen LogP contribution in [0.5, 0.6) is 0 Å². The van der Waals surface area contributed by atoms with Crippen molar-refractivity contribution in [3.05, 3.63) is 51.9 Å². The van der Waals surface area contributed by atoms with Crippen LogP contribution in [0.15, 0.2) is 35.1 Å². The molecule has 2 bridgehead atoms. The summed E-state index contributed by atoms with van der Waals surface area (Å²) in [6.07, 6.45) is 6.32. The van der Waals surface area contributed by atoms with E-state index in [0.29, 0.717) is 5.92 Å². The fourth-order valence-electron chi connectivity index (χ4n) is 5.81. The van der Waals surface area contributed by atoms with Crippen LogP contribution in [0, 0.1) is 11.3 Å². The average molecular weight is 336 g/mol. The molecule has 3 nitrogen and oxygen atoms in total. The Morgan fingerprint density at radius 3 is 2.44 bits per heavy atom. The topological polar surface area (TPSA) is 26.9 Å². The SMILES string of the molecule is CC12CCC(c3c1n(CC1CCC1)n(-c1ccccc1)c3=O)C2(C)C. The van der Waals surface area contributed by atoms with Crippen molar-refractivity contribution in [2.45, 2.75) is 70.8 Å². The first-order valence-corrected chi connectivity index (χ1v) is 9.87. The van der Waals surface area contributed by atoms with E-state index < -0.39 is 0 Å². The number of rotatable bonds is 3. The minimum absolute atomic E-state index is 0.121. The summed E-state index contributed by atoms with van der Waals surface area (Å²) >= 11 is 0. The highest BCUT2D eigenvalue weighted by molar-refractivity contribution is 5.47. The van der Waals surface area contributed by atoms with E-state index >= 15 is 0 Å². The number of hydrogen-bond acceptors (Lipinski definition) is 1. The Bertz CT molecular complexity index is 885. The predicted octanol–water partition coefficient (Wildman–Crippen LogP) is 4.61. The summed E-state index contributed by atoms with van der Waals surface area (Å²) in [5.41, 5.74) is 4.05. The van der Waals surface area contributed by atoms with E-state index in [4.69, 9.17) is 0 Å². The van der Waals surface area contributed by atoms with Gasteiger partial charge in [0, 0.05) is 17.5 Å². The Morgan fingerprint density at radius 2 is 1.80 bits per heavy atom. The van der Waals surface area contributed by atoms with Gasteiger partial charge in [-0.25, -0.2) is 4.68 Å². The molecule has 132 valence electrons. The zero-order valence-corrected chi connectivity index (χ0v) is 15.6. The van der Waals surface area contributed by atoms with Crippen molar-refractivity contribution >= 4 is 0 Å². The molecule has 0 amide bonds. The molecular weight excluding hydrogens is 308 g/mol. The molecule has 0 N–H and O–H groups in total. The number of fused-ring (bicyclic) bond motifs is 5. The second kappa shape index (κ2) is 4.90. The Kier molecular flexibility index (Phi) is 3.03. The van der Waals surface area contributed by atoms with Crippen LogP contribution in [0.3, 0.4) is 0 Å². The standard InChI is InChI=1S/C22H28N2O/c1-21(2)17-12-13-22(21,3)19-18(17)20(25)24(16-10-5-4-6-11-16)23(19)14-15-8-7-9-15/h4-6,10-11,15,17H,7-9,12-14H2,1-3H3. The number of benzene rings is 1. The van der Waals surface area contributed by atoms with Gasteiger partial charge in [-0.2, -0.15) is 0 Å². The largest absolute Gasteiger partial charge is 0.281 e. The molecule has 2 atom stereocenters. The number of nitrogens with zero attached hydrogens (tertiary/aromatic N) is 2. The van der Waals surface area contributed by atoms with Crippen LogP contribution in [0.4, 0.5) is 0 Å². The summed E-state index contributed by atoms with van der Waals surface area (Å²) in [5, 5.41) is 0. The fraction of sp³-hybridized carbons (Fsp3) is 0.591. The molecule has 1 heterocycles. The van der Waals surface area contributed by atoms with Crippen LogP contribution >= 0.6 is 0 Å². The van der Waals surface area contributed by atoms with E-state index in [1.165, 1.54) is 31.4 Å². The van der Waals surface area contributed by atoms with Gasteiger partial charge in [0.25, 0.3) is 5.56 Å². The third-order valence-corrected chi connectivity index (χ3v) is 7.93. The van der Waals surface area contributed by atoms with Gasteiger partial charge in [0.2, 0.25) is 0 Å². The van der Waals surface area contributed by atoms with E-state index in [1.54, 1.807) is 0 Å². The molecule has 2 fully saturated rings. The predicted molar refractivity (Wildman–Crippen MR) is 100 cm³/mol. The summed E-state index contributed by atoms with van der Waals surface area (Å²) < 4.78 is 4.38. The van der Waals surface area contributed by atoms with Gasteiger partial charge in [-0.3, -0.25) is 9.48 Å². The van der Waals surface area contributed by atoms with Gasteiger partial charge in [0.15, 0.2) is 0 Å². The lowest BCUT2D eigenvalue weighted by Crippen LogP contribution is -2.37. The summed E-state index contributed by atoms with van der Waals surface area (Å²) in [6.45, 7) is 8.16. The summed E-state index contributed by atoms with van der Waals surface area (Å²) in [4.78, 5) is 13.5. The quantitative estimate of drug-likeness (QED) is 0.804. The van der Waals surface area contributed by atoms with Gasteiger partial charge in [-0.1, -0.05) is 45.4 Å². The number of para-hydroxylation sites is 1. The second-order valence-corrected chi connectivity index (χ2v) is 9.24. The normalized spacial score (nSPS) is 29.6. The first-order valence-electron chi connectivity index (χ1n) is 9.87. The highest BCUT2D eigenvalue weighted by Crippen LogP contribution is 2.67. The lowest BCUT2D eigenvalue weighted by Gasteiger charge is -2.37. The van der Waals surface area contributed by atoms with Gasteiger partial charge < -0.3 is 0 Å². The first kappa shape index (κ1) is 15.5. The van der Waals surface area contributed by atoms with E-state index in [0.717, 1.165) is 30.1 Å². The Hall–Kier alpha value is -1.77.